The smallest absolute Gasteiger partial charge is 0.213 e. The second-order valence-electron chi connectivity index (χ2n) is 3.72. The van der Waals surface area contributed by atoms with Crippen LogP contribution in [0.1, 0.15) is 11.3 Å². The third kappa shape index (κ3) is 3.17. The third-order valence-electron chi connectivity index (χ3n) is 2.37. The monoisotopic (exact) mass is 229 g/mol. The summed E-state index contributed by atoms with van der Waals surface area (Å²) in [6.07, 6.45) is 1.74. The van der Waals surface area contributed by atoms with Gasteiger partial charge in [-0.1, -0.05) is 6.07 Å². The van der Waals surface area contributed by atoms with E-state index in [0.29, 0.717) is 12.4 Å². The number of rotatable bonds is 4. The molecule has 0 saturated heterocycles. The van der Waals surface area contributed by atoms with Gasteiger partial charge in [-0.15, -0.1) is 0 Å². The highest BCUT2D eigenvalue weighted by atomic mass is 16.5. The molecule has 4 heteroatoms. The molecule has 4 nitrogen and oxygen atoms in total. The van der Waals surface area contributed by atoms with E-state index in [1.807, 2.05) is 37.3 Å². The molecule has 17 heavy (non-hydrogen) atoms. The zero-order valence-corrected chi connectivity index (χ0v) is 9.97. The molecular formula is C13H15N3O. The topological polar surface area (TPSA) is 47.0 Å². The van der Waals surface area contributed by atoms with Crippen molar-refractivity contribution in [2.45, 2.75) is 13.5 Å². The van der Waals surface area contributed by atoms with Crippen molar-refractivity contribution >= 4 is 5.82 Å². The normalized spacial score (nSPS) is 10.0. The Balaban J connectivity index is 2.02. The van der Waals surface area contributed by atoms with Crippen LogP contribution in [-0.4, -0.2) is 17.1 Å². The zero-order chi connectivity index (χ0) is 12.1. The number of nitrogens with zero attached hydrogens (tertiary/aromatic N) is 2. The van der Waals surface area contributed by atoms with E-state index in [9.17, 15) is 0 Å². The molecule has 0 aliphatic rings. The van der Waals surface area contributed by atoms with E-state index < -0.39 is 0 Å². The molecule has 1 N–H and O–H groups in total. The average Bonchev–Trinajstić information content (AvgIpc) is 2.37. The van der Waals surface area contributed by atoms with Crippen LogP contribution in [0.25, 0.3) is 0 Å². The molecule has 0 amide bonds. The van der Waals surface area contributed by atoms with Crippen LogP contribution in [-0.2, 0) is 6.54 Å². The van der Waals surface area contributed by atoms with Gasteiger partial charge in [-0.2, -0.15) is 0 Å². The van der Waals surface area contributed by atoms with Gasteiger partial charge in [0.15, 0.2) is 0 Å². The number of hydrogen-bond donors (Lipinski definition) is 1. The van der Waals surface area contributed by atoms with E-state index in [1.54, 1.807) is 13.3 Å². The number of aryl methyl sites for hydroxylation is 1. The number of hydrogen-bond acceptors (Lipinski definition) is 4. The van der Waals surface area contributed by atoms with Gasteiger partial charge < -0.3 is 10.1 Å². The first-order chi connectivity index (χ1) is 8.28. The van der Waals surface area contributed by atoms with Crippen LogP contribution in [0, 0.1) is 6.92 Å². The second-order valence-corrected chi connectivity index (χ2v) is 3.72. The fourth-order valence-corrected chi connectivity index (χ4v) is 1.51. The molecule has 0 unspecified atom stereocenters. The summed E-state index contributed by atoms with van der Waals surface area (Å²) in [5, 5.41) is 3.26. The van der Waals surface area contributed by atoms with Gasteiger partial charge in [0.05, 0.1) is 7.11 Å². The minimum atomic E-state index is 0.626. The van der Waals surface area contributed by atoms with Gasteiger partial charge in [-0.3, -0.25) is 0 Å². The van der Waals surface area contributed by atoms with Crippen molar-refractivity contribution in [3.05, 3.63) is 47.8 Å². The Labute approximate surface area is 101 Å². The van der Waals surface area contributed by atoms with Crippen molar-refractivity contribution in [1.29, 1.82) is 0 Å². The molecule has 0 saturated carbocycles. The van der Waals surface area contributed by atoms with Crippen molar-refractivity contribution in [1.82, 2.24) is 9.97 Å². The van der Waals surface area contributed by atoms with E-state index in [1.165, 1.54) is 0 Å². The van der Waals surface area contributed by atoms with E-state index in [4.69, 9.17) is 4.74 Å². The number of anilines is 1. The lowest BCUT2D eigenvalue weighted by atomic mass is 10.2. The highest BCUT2D eigenvalue weighted by molar-refractivity contribution is 5.36. The molecule has 2 rings (SSSR count). The molecule has 0 aliphatic heterocycles. The van der Waals surface area contributed by atoms with Gasteiger partial charge in [0.1, 0.15) is 5.82 Å². The molecule has 2 heterocycles. The van der Waals surface area contributed by atoms with Gasteiger partial charge in [-0.05, 0) is 30.7 Å². The van der Waals surface area contributed by atoms with Crippen molar-refractivity contribution in [3.63, 3.8) is 0 Å². The first-order valence-corrected chi connectivity index (χ1v) is 5.44. The van der Waals surface area contributed by atoms with Crippen LogP contribution >= 0.6 is 0 Å². The minimum absolute atomic E-state index is 0.626. The summed E-state index contributed by atoms with van der Waals surface area (Å²) in [6.45, 7) is 2.68. The highest BCUT2D eigenvalue weighted by Crippen LogP contribution is 2.11. The summed E-state index contributed by atoms with van der Waals surface area (Å²) in [7, 11) is 1.61. The van der Waals surface area contributed by atoms with Crippen LogP contribution in [0.3, 0.4) is 0 Å². The summed E-state index contributed by atoms with van der Waals surface area (Å²) in [4.78, 5) is 8.43. The van der Waals surface area contributed by atoms with Crippen molar-refractivity contribution in [2.24, 2.45) is 0 Å². The Kier molecular flexibility index (Phi) is 3.55. The summed E-state index contributed by atoms with van der Waals surface area (Å²) in [6, 6.07) is 9.76. The Hall–Kier alpha value is -2.10. The van der Waals surface area contributed by atoms with E-state index in [2.05, 4.69) is 15.3 Å². The largest absolute Gasteiger partial charge is 0.481 e. The van der Waals surface area contributed by atoms with Gasteiger partial charge in [0.2, 0.25) is 5.88 Å². The SMILES string of the molecule is COc1cc(CNc2cccc(C)n2)ccn1. The minimum Gasteiger partial charge on any atom is -0.481 e. The first kappa shape index (κ1) is 11.4. The van der Waals surface area contributed by atoms with Gasteiger partial charge in [-0.25, -0.2) is 9.97 Å². The summed E-state index contributed by atoms with van der Waals surface area (Å²) < 4.78 is 5.07. The van der Waals surface area contributed by atoms with Crippen molar-refractivity contribution < 1.29 is 4.74 Å². The van der Waals surface area contributed by atoms with E-state index in [0.717, 1.165) is 17.1 Å². The second kappa shape index (κ2) is 5.30. The molecule has 0 fully saturated rings. The van der Waals surface area contributed by atoms with E-state index >= 15 is 0 Å². The van der Waals surface area contributed by atoms with Gasteiger partial charge in [0.25, 0.3) is 0 Å². The Morgan fingerprint density at radius 3 is 2.94 bits per heavy atom. The molecule has 2 aromatic heterocycles. The Morgan fingerprint density at radius 2 is 2.18 bits per heavy atom. The predicted molar refractivity (Wildman–Crippen MR) is 67.1 cm³/mol. The third-order valence-corrected chi connectivity index (χ3v) is 2.37. The predicted octanol–water partition coefficient (Wildman–Crippen LogP) is 2.41. The molecule has 0 spiro atoms. The summed E-state index contributed by atoms with van der Waals surface area (Å²) in [5.41, 5.74) is 2.11. The van der Waals surface area contributed by atoms with Crippen LogP contribution in [0.4, 0.5) is 5.82 Å². The number of pyridine rings is 2. The van der Waals surface area contributed by atoms with Crippen LogP contribution in [0.2, 0.25) is 0 Å². The lowest BCUT2D eigenvalue weighted by molar-refractivity contribution is 0.397. The number of methoxy groups -OCH3 is 1. The van der Waals surface area contributed by atoms with Crippen molar-refractivity contribution in [3.8, 4) is 5.88 Å². The molecule has 2 aromatic rings. The lowest BCUT2D eigenvalue weighted by Gasteiger charge is -2.07. The molecular weight excluding hydrogens is 214 g/mol. The number of nitrogens with one attached hydrogen (secondary N) is 1. The maximum atomic E-state index is 5.07. The summed E-state index contributed by atoms with van der Waals surface area (Å²) in [5.74, 6) is 1.50. The lowest BCUT2D eigenvalue weighted by Crippen LogP contribution is -2.02. The standard InChI is InChI=1S/C13H15N3O/c1-10-4-3-5-12(16-10)15-9-11-6-7-14-13(8-11)17-2/h3-8H,9H2,1-2H3,(H,15,16). The van der Waals surface area contributed by atoms with Gasteiger partial charge >= 0.3 is 0 Å². The maximum absolute atomic E-state index is 5.07. The Morgan fingerprint density at radius 1 is 1.29 bits per heavy atom. The fourth-order valence-electron chi connectivity index (χ4n) is 1.51. The van der Waals surface area contributed by atoms with Crippen LogP contribution < -0.4 is 10.1 Å². The molecule has 88 valence electrons. The molecule has 0 aliphatic carbocycles. The van der Waals surface area contributed by atoms with Gasteiger partial charge in [0, 0.05) is 24.5 Å². The number of ether oxygens (including phenoxy) is 1. The van der Waals surface area contributed by atoms with Crippen LogP contribution in [0.15, 0.2) is 36.5 Å². The molecule has 0 radical (unpaired) electrons. The maximum Gasteiger partial charge on any atom is 0.213 e. The zero-order valence-electron chi connectivity index (χ0n) is 9.97. The van der Waals surface area contributed by atoms with E-state index in [-0.39, 0.29) is 0 Å². The van der Waals surface area contributed by atoms with Crippen LogP contribution in [0.5, 0.6) is 5.88 Å². The molecule has 0 bridgehead atoms. The number of aromatic nitrogens is 2. The fraction of sp³-hybridized carbons (Fsp3) is 0.231. The summed E-state index contributed by atoms with van der Waals surface area (Å²) >= 11 is 0. The first-order valence-electron chi connectivity index (χ1n) is 5.44. The quantitative estimate of drug-likeness (QED) is 0.874. The Bertz CT molecular complexity index is 500. The molecule has 0 aromatic carbocycles. The highest BCUT2D eigenvalue weighted by Gasteiger charge is 1.98. The van der Waals surface area contributed by atoms with Crippen molar-refractivity contribution in [2.75, 3.05) is 12.4 Å². The molecule has 0 atom stereocenters. The average molecular weight is 229 g/mol.